The Balaban J connectivity index is 1.25. The first-order valence-electron chi connectivity index (χ1n) is 11.6. The molecule has 3 aliphatic heterocycles. The molecule has 29 heavy (non-hydrogen) atoms. The van der Waals surface area contributed by atoms with Crippen molar-refractivity contribution in [2.45, 2.75) is 51.9 Å². The Morgan fingerprint density at radius 2 is 1.83 bits per heavy atom. The topological polar surface area (TPSA) is 42.0 Å². The SMILES string of the molecule is CC1CCN(CC2CCCN(C(=O)CCc3ccc4c(c3)OCCCO4)C2)CC1. The van der Waals surface area contributed by atoms with Crippen LogP contribution in [-0.2, 0) is 11.2 Å². The zero-order chi connectivity index (χ0) is 20.1. The molecule has 1 atom stereocenters. The van der Waals surface area contributed by atoms with Crippen LogP contribution in [0.25, 0.3) is 0 Å². The molecule has 1 aromatic rings. The van der Waals surface area contributed by atoms with Crippen LogP contribution in [-0.4, -0.2) is 61.6 Å². The van der Waals surface area contributed by atoms with Crippen LogP contribution in [0.1, 0.15) is 51.0 Å². The number of ether oxygens (including phenoxy) is 2. The van der Waals surface area contributed by atoms with Crippen LogP contribution in [0.5, 0.6) is 11.5 Å². The van der Waals surface area contributed by atoms with Gasteiger partial charge in [-0.2, -0.15) is 0 Å². The Morgan fingerprint density at radius 1 is 1.03 bits per heavy atom. The summed E-state index contributed by atoms with van der Waals surface area (Å²) >= 11 is 0. The molecule has 0 N–H and O–H groups in total. The molecule has 1 amide bonds. The minimum atomic E-state index is 0.300. The molecule has 4 rings (SSSR count). The molecule has 2 saturated heterocycles. The molecular formula is C24H36N2O3. The molecule has 0 bridgehead atoms. The maximum Gasteiger partial charge on any atom is 0.222 e. The predicted octanol–water partition coefficient (Wildman–Crippen LogP) is 3.75. The van der Waals surface area contributed by atoms with Gasteiger partial charge in [-0.25, -0.2) is 0 Å². The summed E-state index contributed by atoms with van der Waals surface area (Å²) in [5, 5.41) is 0. The fourth-order valence-electron chi connectivity index (χ4n) is 4.82. The van der Waals surface area contributed by atoms with Crippen molar-refractivity contribution in [2.24, 2.45) is 11.8 Å². The van der Waals surface area contributed by atoms with Crippen LogP contribution >= 0.6 is 0 Å². The van der Waals surface area contributed by atoms with Crippen LogP contribution in [0.15, 0.2) is 18.2 Å². The van der Waals surface area contributed by atoms with Crippen molar-refractivity contribution in [3.63, 3.8) is 0 Å². The molecule has 0 radical (unpaired) electrons. The Morgan fingerprint density at radius 3 is 2.66 bits per heavy atom. The highest BCUT2D eigenvalue weighted by molar-refractivity contribution is 5.76. The van der Waals surface area contributed by atoms with Crippen molar-refractivity contribution >= 4 is 5.91 Å². The normalized spacial score (nSPS) is 23.6. The number of aryl methyl sites for hydroxylation is 1. The first-order valence-corrected chi connectivity index (χ1v) is 11.6. The fourth-order valence-corrected chi connectivity index (χ4v) is 4.82. The van der Waals surface area contributed by atoms with Crippen molar-refractivity contribution in [1.29, 1.82) is 0 Å². The highest BCUT2D eigenvalue weighted by Crippen LogP contribution is 2.31. The number of rotatable bonds is 5. The van der Waals surface area contributed by atoms with Gasteiger partial charge in [0.15, 0.2) is 11.5 Å². The summed E-state index contributed by atoms with van der Waals surface area (Å²) in [6.07, 6.45) is 7.31. The monoisotopic (exact) mass is 400 g/mol. The molecule has 5 nitrogen and oxygen atoms in total. The summed E-state index contributed by atoms with van der Waals surface area (Å²) in [6, 6.07) is 6.10. The Bertz CT molecular complexity index is 685. The van der Waals surface area contributed by atoms with Crippen molar-refractivity contribution in [3.05, 3.63) is 23.8 Å². The molecule has 5 heteroatoms. The van der Waals surface area contributed by atoms with Crippen LogP contribution in [0.2, 0.25) is 0 Å². The third-order valence-corrected chi connectivity index (χ3v) is 6.70. The summed E-state index contributed by atoms with van der Waals surface area (Å²) in [6.45, 7) is 9.25. The Kier molecular flexibility index (Phi) is 6.96. The zero-order valence-electron chi connectivity index (χ0n) is 17.9. The summed E-state index contributed by atoms with van der Waals surface area (Å²) in [5.74, 6) is 3.46. The van der Waals surface area contributed by atoms with E-state index in [1.54, 1.807) is 0 Å². The van der Waals surface area contributed by atoms with Gasteiger partial charge in [-0.15, -0.1) is 0 Å². The van der Waals surface area contributed by atoms with Crippen molar-refractivity contribution in [3.8, 4) is 11.5 Å². The Labute approximate surface area is 175 Å². The standard InChI is InChI=1S/C24H36N2O3/c1-19-9-12-25(13-10-19)17-21-4-2-11-26(18-21)24(27)8-6-20-5-7-22-23(16-20)29-15-3-14-28-22/h5,7,16,19,21H,2-4,6,8-15,17-18H2,1H3. The van der Waals surface area contributed by atoms with Crippen molar-refractivity contribution in [1.82, 2.24) is 9.80 Å². The van der Waals surface area contributed by atoms with Crippen molar-refractivity contribution in [2.75, 3.05) is 45.9 Å². The second-order valence-corrected chi connectivity index (χ2v) is 9.16. The molecule has 0 spiro atoms. The van der Waals surface area contributed by atoms with Crippen LogP contribution < -0.4 is 9.47 Å². The third kappa shape index (κ3) is 5.65. The van der Waals surface area contributed by atoms with E-state index in [4.69, 9.17) is 9.47 Å². The summed E-state index contributed by atoms with van der Waals surface area (Å²) < 4.78 is 11.5. The van der Waals surface area contributed by atoms with E-state index in [9.17, 15) is 4.79 Å². The second-order valence-electron chi connectivity index (χ2n) is 9.16. The minimum Gasteiger partial charge on any atom is -0.490 e. The predicted molar refractivity (Wildman–Crippen MR) is 115 cm³/mol. The van der Waals surface area contributed by atoms with E-state index in [0.717, 1.165) is 55.3 Å². The highest BCUT2D eigenvalue weighted by atomic mass is 16.5. The first-order chi connectivity index (χ1) is 14.2. The quantitative estimate of drug-likeness (QED) is 0.755. The van der Waals surface area contributed by atoms with E-state index in [-0.39, 0.29) is 0 Å². The lowest BCUT2D eigenvalue weighted by atomic mass is 9.94. The summed E-state index contributed by atoms with van der Waals surface area (Å²) in [4.78, 5) is 17.6. The highest BCUT2D eigenvalue weighted by Gasteiger charge is 2.26. The van der Waals surface area contributed by atoms with Gasteiger partial charge in [-0.1, -0.05) is 13.0 Å². The number of likely N-dealkylation sites (tertiary alicyclic amines) is 2. The number of piperidine rings is 2. The van der Waals surface area contributed by atoms with Crippen LogP contribution in [0, 0.1) is 11.8 Å². The lowest BCUT2D eigenvalue weighted by molar-refractivity contribution is -0.133. The van der Waals surface area contributed by atoms with E-state index < -0.39 is 0 Å². The van der Waals surface area contributed by atoms with Gasteiger partial charge in [0.05, 0.1) is 13.2 Å². The molecule has 3 aliphatic rings. The van der Waals surface area contributed by atoms with E-state index >= 15 is 0 Å². The van der Waals surface area contributed by atoms with Gasteiger partial charge in [-0.05, 0) is 74.7 Å². The van der Waals surface area contributed by atoms with Crippen LogP contribution in [0.4, 0.5) is 0 Å². The molecular weight excluding hydrogens is 364 g/mol. The van der Waals surface area contributed by atoms with E-state index in [2.05, 4.69) is 22.8 Å². The first kappa shape index (κ1) is 20.5. The number of hydrogen-bond acceptors (Lipinski definition) is 4. The lowest BCUT2D eigenvalue weighted by Gasteiger charge is -2.38. The van der Waals surface area contributed by atoms with Gasteiger partial charge in [0.2, 0.25) is 5.91 Å². The number of carbonyl (C=O) groups is 1. The molecule has 1 aromatic carbocycles. The average Bonchev–Trinajstić information content (AvgIpc) is 2.99. The fraction of sp³-hybridized carbons (Fsp3) is 0.708. The van der Waals surface area contributed by atoms with E-state index in [0.29, 0.717) is 31.5 Å². The average molecular weight is 401 g/mol. The number of benzene rings is 1. The number of amides is 1. The molecule has 1 unspecified atom stereocenters. The summed E-state index contributed by atoms with van der Waals surface area (Å²) in [5.41, 5.74) is 1.15. The summed E-state index contributed by atoms with van der Waals surface area (Å²) in [7, 11) is 0. The van der Waals surface area contributed by atoms with E-state index in [1.807, 2.05) is 12.1 Å². The number of carbonyl (C=O) groups excluding carboxylic acids is 1. The zero-order valence-corrected chi connectivity index (χ0v) is 17.9. The van der Waals surface area contributed by atoms with Crippen LogP contribution in [0.3, 0.4) is 0 Å². The number of fused-ring (bicyclic) bond motifs is 1. The maximum atomic E-state index is 12.9. The van der Waals surface area contributed by atoms with Gasteiger partial charge < -0.3 is 19.3 Å². The van der Waals surface area contributed by atoms with Gasteiger partial charge in [0, 0.05) is 32.5 Å². The second kappa shape index (κ2) is 9.84. The lowest BCUT2D eigenvalue weighted by Crippen LogP contribution is -2.45. The number of hydrogen-bond donors (Lipinski definition) is 0. The van der Waals surface area contributed by atoms with Crippen molar-refractivity contribution < 1.29 is 14.3 Å². The molecule has 0 aliphatic carbocycles. The van der Waals surface area contributed by atoms with Gasteiger partial charge >= 0.3 is 0 Å². The maximum absolute atomic E-state index is 12.9. The molecule has 3 heterocycles. The molecule has 160 valence electrons. The van der Waals surface area contributed by atoms with Gasteiger partial charge in [0.1, 0.15) is 0 Å². The van der Waals surface area contributed by atoms with Gasteiger partial charge in [0.25, 0.3) is 0 Å². The molecule has 0 saturated carbocycles. The van der Waals surface area contributed by atoms with Gasteiger partial charge in [-0.3, -0.25) is 4.79 Å². The number of nitrogens with zero attached hydrogens (tertiary/aromatic N) is 2. The smallest absolute Gasteiger partial charge is 0.222 e. The largest absolute Gasteiger partial charge is 0.490 e. The Hall–Kier alpha value is -1.75. The minimum absolute atomic E-state index is 0.300. The molecule has 0 aromatic heterocycles. The van der Waals surface area contributed by atoms with E-state index in [1.165, 1.54) is 38.9 Å². The third-order valence-electron chi connectivity index (χ3n) is 6.70. The molecule has 2 fully saturated rings.